The first-order chi connectivity index (χ1) is 8.29. The summed E-state index contributed by atoms with van der Waals surface area (Å²) in [6.45, 7) is 8.84. The first-order valence-electron chi connectivity index (χ1n) is 7.18. The van der Waals surface area contributed by atoms with Crippen LogP contribution in [0.5, 0.6) is 0 Å². The Balaban J connectivity index is 1.30. The highest BCUT2D eigenvalue weighted by Gasteiger charge is 2.49. The van der Waals surface area contributed by atoms with E-state index in [0.717, 1.165) is 0 Å². The molecule has 4 aliphatic rings. The lowest BCUT2D eigenvalue weighted by atomic mass is 9.73. The molecule has 96 valence electrons. The molecule has 0 saturated carbocycles. The Labute approximate surface area is 104 Å². The van der Waals surface area contributed by atoms with Gasteiger partial charge in [-0.3, -0.25) is 4.90 Å². The SMILES string of the molecule is C1CC2(CN1)CN(C1CCC3(CNC3)CN1)C2. The van der Waals surface area contributed by atoms with Crippen LogP contribution < -0.4 is 16.0 Å². The second kappa shape index (κ2) is 3.67. The van der Waals surface area contributed by atoms with Crippen LogP contribution in [0.3, 0.4) is 0 Å². The molecule has 4 fully saturated rings. The van der Waals surface area contributed by atoms with Crippen molar-refractivity contribution in [1.82, 2.24) is 20.9 Å². The van der Waals surface area contributed by atoms with Gasteiger partial charge in [0.05, 0.1) is 6.17 Å². The maximum absolute atomic E-state index is 3.79. The summed E-state index contributed by atoms with van der Waals surface area (Å²) in [4.78, 5) is 2.67. The van der Waals surface area contributed by atoms with Crippen LogP contribution in [0.25, 0.3) is 0 Å². The van der Waals surface area contributed by atoms with Crippen molar-refractivity contribution >= 4 is 0 Å². The third-order valence-electron chi connectivity index (χ3n) is 5.51. The van der Waals surface area contributed by atoms with Gasteiger partial charge in [-0.1, -0.05) is 0 Å². The van der Waals surface area contributed by atoms with Crippen molar-refractivity contribution in [3.8, 4) is 0 Å². The molecule has 0 aromatic heterocycles. The molecule has 4 saturated heterocycles. The maximum atomic E-state index is 3.79. The molecule has 1 unspecified atom stereocenters. The second-order valence-electron chi connectivity index (χ2n) is 6.87. The van der Waals surface area contributed by atoms with Gasteiger partial charge in [-0.2, -0.15) is 0 Å². The lowest BCUT2D eigenvalue weighted by Crippen LogP contribution is -2.69. The first-order valence-corrected chi connectivity index (χ1v) is 7.18. The summed E-state index contributed by atoms with van der Waals surface area (Å²) in [6, 6.07) is 0. The molecular weight excluding hydrogens is 212 g/mol. The van der Waals surface area contributed by atoms with E-state index in [2.05, 4.69) is 20.9 Å². The van der Waals surface area contributed by atoms with Gasteiger partial charge in [-0.05, 0) is 25.8 Å². The molecule has 0 aliphatic carbocycles. The van der Waals surface area contributed by atoms with Crippen LogP contribution in [-0.2, 0) is 0 Å². The molecule has 0 bridgehead atoms. The third kappa shape index (κ3) is 1.65. The molecule has 2 spiro atoms. The van der Waals surface area contributed by atoms with Crippen molar-refractivity contribution in [2.75, 3.05) is 45.8 Å². The molecule has 0 aromatic rings. The van der Waals surface area contributed by atoms with Crippen molar-refractivity contribution in [2.45, 2.75) is 25.4 Å². The van der Waals surface area contributed by atoms with Crippen molar-refractivity contribution in [2.24, 2.45) is 10.8 Å². The molecule has 4 heteroatoms. The monoisotopic (exact) mass is 236 g/mol. The third-order valence-corrected chi connectivity index (χ3v) is 5.51. The van der Waals surface area contributed by atoms with Crippen molar-refractivity contribution in [1.29, 1.82) is 0 Å². The number of nitrogens with zero attached hydrogens (tertiary/aromatic N) is 1. The van der Waals surface area contributed by atoms with Crippen LogP contribution in [-0.4, -0.2) is 56.9 Å². The second-order valence-corrected chi connectivity index (χ2v) is 6.87. The van der Waals surface area contributed by atoms with E-state index in [1.54, 1.807) is 0 Å². The van der Waals surface area contributed by atoms with Crippen LogP contribution in [0.1, 0.15) is 19.3 Å². The topological polar surface area (TPSA) is 39.3 Å². The summed E-state index contributed by atoms with van der Waals surface area (Å²) in [5.41, 5.74) is 1.27. The Morgan fingerprint density at radius 2 is 1.71 bits per heavy atom. The van der Waals surface area contributed by atoms with Gasteiger partial charge in [0.15, 0.2) is 0 Å². The lowest BCUT2D eigenvalue weighted by Gasteiger charge is -2.55. The predicted molar refractivity (Wildman–Crippen MR) is 67.8 cm³/mol. The fraction of sp³-hybridized carbons (Fsp3) is 1.00. The van der Waals surface area contributed by atoms with E-state index in [-0.39, 0.29) is 0 Å². The van der Waals surface area contributed by atoms with Crippen LogP contribution in [0.15, 0.2) is 0 Å². The maximum Gasteiger partial charge on any atom is 0.0597 e. The van der Waals surface area contributed by atoms with Crippen LogP contribution in [0.4, 0.5) is 0 Å². The van der Waals surface area contributed by atoms with Crippen molar-refractivity contribution in [3.05, 3.63) is 0 Å². The fourth-order valence-electron chi connectivity index (χ4n) is 4.16. The van der Waals surface area contributed by atoms with E-state index in [0.29, 0.717) is 17.0 Å². The Kier molecular flexibility index (Phi) is 2.32. The predicted octanol–water partition coefficient (Wildman–Crippen LogP) is -0.419. The number of piperidine rings is 1. The van der Waals surface area contributed by atoms with Crippen LogP contribution >= 0.6 is 0 Å². The fourth-order valence-corrected chi connectivity index (χ4v) is 4.16. The molecular formula is C13H24N4. The summed E-state index contributed by atoms with van der Waals surface area (Å²) in [7, 11) is 0. The quantitative estimate of drug-likeness (QED) is 0.578. The van der Waals surface area contributed by atoms with Gasteiger partial charge < -0.3 is 16.0 Å². The average Bonchev–Trinajstić information content (AvgIpc) is 2.74. The van der Waals surface area contributed by atoms with E-state index in [1.807, 2.05) is 0 Å². The van der Waals surface area contributed by atoms with Gasteiger partial charge >= 0.3 is 0 Å². The van der Waals surface area contributed by atoms with Gasteiger partial charge in [0.2, 0.25) is 0 Å². The van der Waals surface area contributed by atoms with E-state index in [4.69, 9.17) is 0 Å². The molecule has 0 aromatic carbocycles. The first kappa shape index (κ1) is 10.7. The molecule has 4 rings (SSSR count). The standard InChI is InChI=1S/C13H24N4/c1-2-12(5-15-6-12)8-16-11(1)17-9-13(10-17)3-4-14-7-13/h11,14-16H,1-10H2. The van der Waals surface area contributed by atoms with E-state index in [9.17, 15) is 0 Å². The number of hydrogen-bond acceptors (Lipinski definition) is 4. The Hall–Kier alpha value is -0.160. The summed E-state index contributed by atoms with van der Waals surface area (Å²) in [5, 5.41) is 10.7. The molecule has 0 radical (unpaired) electrons. The van der Waals surface area contributed by atoms with Crippen molar-refractivity contribution in [3.63, 3.8) is 0 Å². The molecule has 4 aliphatic heterocycles. The molecule has 0 amide bonds. The number of nitrogens with one attached hydrogen (secondary N) is 3. The lowest BCUT2D eigenvalue weighted by molar-refractivity contribution is -0.0552. The minimum absolute atomic E-state index is 0.619. The highest BCUT2D eigenvalue weighted by molar-refractivity contribution is 5.04. The molecule has 17 heavy (non-hydrogen) atoms. The number of likely N-dealkylation sites (tertiary alicyclic amines) is 1. The molecule has 4 nitrogen and oxygen atoms in total. The van der Waals surface area contributed by atoms with Crippen LogP contribution in [0, 0.1) is 10.8 Å². The minimum Gasteiger partial charge on any atom is -0.316 e. The largest absolute Gasteiger partial charge is 0.316 e. The van der Waals surface area contributed by atoms with Gasteiger partial charge in [0, 0.05) is 50.1 Å². The number of hydrogen-bond donors (Lipinski definition) is 3. The van der Waals surface area contributed by atoms with E-state index >= 15 is 0 Å². The summed E-state index contributed by atoms with van der Waals surface area (Å²) < 4.78 is 0. The zero-order valence-corrected chi connectivity index (χ0v) is 10.6. The molecule has 3 N–H and O–H groups in total. The Morgan fingerprint density at radius 1 is 0.882 bits per heavy atom. The van der Waals surface area contributed by atoms with Crippen LogP contribution in [0.2, 0.25) is 0 Å². The highest BCUT2D eigenvalue weighted by Crippen LogP contribution is 2.40. The van der Waals surface area contributed by atoms with Crippen molar-refractivity contribution < 1.29 is 0 Å². The van der Waals surface area contributed by atoms with Gasteiger partial charge in [-0.25, -0.2) is 0 Å². The van der Waals surface area contributed by atoms with Gasteiger partial charge in [0.25, 0.3) is 0 Å². The zero-order chi connectivity index (χ0) is 11.3. The summed E-state index contributed by atoms with van der Waals surface area (Å²) >= 11 is 0. The average molecular weight is 236 g/mol. The minimum atomic E-state index is 0.619. The van der Waals surface area contributed by atoms with E-state index < -0.39 is 0 Å². The zero-order valence-electron chi connectivity index (χ0n) is 10.6. The number of rotatable bonds is 1. The molecule has 1 atom stereocenters. The Bertz CT molecular complexity index is 289. The van der Waals surface area contributed by atoms with Gasteiger partial charge in [-0.15, -0.1) is 0 Å². The normalized spacial score (nSPS) is 39.2. The Morgan fingerprint density at radius 3 is 2.24 bits per heavy atom. The highest BCUT2D eigenvalue weighted by atomic mass is 15.3. The smallest absolute Gasteiger partial charge is 0.0597 e. The van der Waals surface area contributed by atoms with E-state index in [1.165, 1.54) is 65.1 Å². The summed E-state index contributed by atoms with van der Waals surface area (Å²) in [6.07, 6.45) is 4.83. The molecule has 4 heterocycles. The summed E-state index contributed by atoms with van der Waals surface area (Å²) in [5.74, 6) is 0. The van der Waals surface area contributed by atoms with Gasteiger partial charge in [0.1, 0.15) is 0 Å².